The standard InChI is InChI=1S/C19H16N2O6/c1-11(2)18(20-16(22)14-5-3-4-6-15(14)17(20)23)27-19(24)12-7-9-13(10-8-12)21(25)26/h3-11,18H,1-2H3. The maximum absolute atomic E-state index is 12.6. The number of nitro groups is 1. The number of amides is 2. The van der Waals surface area contributed by atoms with Crippen LogP contribution in [0.2, 0.25) is 0 Å². The molecule has 1 aliphatic heterocycles. The summed E-state index contributed by atoms with van der Waals surface area (Å²) in [6.45, 7) is 3.44. The van der Waals surface area contributed by atoms with E-state index in [0.29, 0.717) is 0 Å². The summed E-state index contributed by atoms with van der Waals surface area (Å²) in [4.78, 5) is 48.8. The molecule has 3 rings (SSSR count). The Balaban J connectivity index is 1.85. The van der Waals surface area contributed by atoms with Gasteiger partial charge in [0, 0.05) is 18.1 Å². The molecule has 2 aromatic rings. The van der Waals surface area contributed by atoms with E-state index < -0.39 is 28.9 Å². The number of esters is 1. The average molecular weight is 368 g/mol. The number of non-ortho nitro benzene ring substituents is 1. The first-order valence-corrected chi connectivity index (χ1v) is 8.23. The third kappa shape index (κ3) is 3.29. The highest BCUT2D eigenvalue weighted by Crippen LogP contribution is 2.28. The van der Waals surface area contributed by atoms with Crippen molar-refractivity contribution in [2.75, 3.05) is 0 Å². The molecule has 0 saturated carbocycles. The maximum Gasteiger partial charge on any atom is 0.340 e. The van der Waals surface area contributed by atoms with Crippen molar-refractivity contribution < 1.29 is 24.0 Å². The molecule has 0 spiro atoms. The van der Waals surface area contributed by atoms with Crippen LogP contribution in [0.5, 0.6) is 0 Å². The van der Waals surface area contributed by atoms with Gasteiger partial charge in [0.15, 0.2) is 6.23 Å². The van der Waals surface area contributed by atoms with Crippen LogP contribution < -0.4 is 0 Å². The molecule has 0 aliphatic carbocycles. The Morgan fingerprint density at radius 2 is 1.52 bits per heavy atom. The molecule has 0 fully saturated rings. The van der Waals surface area contributed by atoms with Crippen LogP contribution in [-0.2, 0) is 4.74 Å². The summed E-state index contributed by atoms with van der Waals surface area (Å²) in [5.41, 5.74) is 0.453. The number of imide groups is 1. The monoisotopic (exact) mass is 368 g/mol. The zero-order valence-corrected chi connectivity index (χ0v) is 14.6. The number of benzene rings is 2. The first-order valence-electron chi connectivity index (χ1n) is 8.23. The summed E-state index contributed by atoms with van der Waals surface area (Å²) in [5.74, 6) is -2.18. The first-order chi connectivity index (χ1) is 12.8. The third-order valence-electron chi connectivity index (χ3n) is 4.19. The van der Waals surface area contributed by atoms with Gasteiger partial charge in [-0.3, -0.25) is 19.7 Å². The van der Waals surface area contributed by atoms with Crippen LogP contribution in [0.3, 0.4) is 0 Å². The molecule has 0 radical (unpaired) electrons. The van der Waals surface area contributed by atoms with E-state index in [0.717, 1.165) is 4.90 Å². The van der Waals surface area contributed by atoms with E-state index in [1.807, 2.05) is 0 Å². The zero-order valence-electron chi connectivity index (χ0n) is 14.6. The first kappa shape index (κ1) is 18.2. The predicted molar refractivity (Wildman–Crippen MR) is 94.1 cm³/mol. The summed E-state index contributed by atoms with van der Waals surface area (Å²) in [6, 6.07) is 11.3. The van der Waals surface area contributed by atoms with Crippen LogP contribution in [0.25, 0.3) is 0 Å². The van der Waals surface area contributed by atoms with E-state index in [1.54, 1.807) is 38.1 Å². The second kappa shape index (κ2) is 6.99. The fourth-order valence-electron chi connectivity index (χ4n) is 2.82. The Morgan fingerprint density at radius 3 is 1.96 bits per heavy atom. The molecular formula is C19H16N2O6. The largest absolute Gasteiger partial charge is 0.437 e. The molecule has 2 amide bonds. The number of rotatable bonds is 5. The van der Waals surface area contributed by atoms with Crippen LogP contribution in [0.1, 0.15) is 44.9 Å². The molecule has 1 heterocycles. The smallest absolute Gasteiger partial charge is 0.340 e. The lowest BCUT2D eigenvalue weighted by atomic mass is 10.1. The lowest BCUT2D eigenvalue weighted by Crippen LogP contribution is -2.45. The van der Waals surface area contributed by atoms with Gasteiger partial charge >= 0.3 is 5.97 Å². The molecule has 1 atom stereocenters. The summed E-state index contributed by atoms with van der Waals surface area (Å²) in [7, 11) is 0. The molecule has 0 N–H and O–H groups in total. The van der Waals surface area contributed by atoms with Gasteiger partial charge in [0.2, 0.25) is 0 Å². The molecule has 2 aromatic carbocycles. The number of hydrogen-bond donors (Lipinski definition) is 0. The highest BCUT2D eigenvalue weighted by molar-refractivity contribution is 6.21. The SMILES string of the molecule is CC(C)C(OC(=O)c1ccc([N+](=O)[O-])cc1)N1C(=O)c2ccccc2C1=O. The van der Waals surface area contributed by atoms with Gasteiger partial charge in [-0.05, 0) is 24.3 Å². The van der Waals surface area contributed by atoms with Crippen LogP contribution in [0, 0.1) is 16.0 Å². The molecule has 0 bridgehead atoms. The summed E-state index contributed by atoms with van der Waals surface area (Å²) >= 11 is 0. The van der Waals surface area contributed by atoms with Gasteiger partial charge in [-0.25, -0.2) is 9.69 Å². The molecule has 8 heteroatoms. The lowest BCUT2D eigenvalue weighted by molar-refractivity contribution is -0.384. The van der Waals surface area contributed by atoms with Gasteiger partial charge in [-0.1, -0.05) is 26.0 Å². The Bertz CT molecular complexity index is 900. The van der Waals surface area contributed by atoms with Crippen molar-refractivity contribution in [1.29, 1.82) is 0 Å². The van der Waals surface area contributed by atoms with Crippen molar-refractivity contribution >= 4 is 23.5 Å². The number of nitrogens with zero attached hydrogens (tertiary/aromatic N) is 2. The minimum atomic E-state index is -1.10. The van der Waals surface area contributed by atoms with Crippen LogP contribution >= 0.6 is 0 Å². The van der Waals surface area contributed by atoms with Gasteiger partial charge in [-0.15, -0.1) is 0 Å². The number of carbonyl (C=O) groups is 3. The van der Waals surface area contributed by atoms with E-state index >= 15 is 0 Å². The Kier molecular flexibility index (Phi) is 4.72. The average Bonchev–Trinajstić information content (AvgIpc) is 2.90. The fraction of sp³-hybridized carbons (Fsp3) is 0.211. The fourth-order valence-corrected chi connectivity index (χ4v) is 2.82. The van der Waals surface area contributed by atoms with Crippen LogP contribution in [-0.4, -0.2) is 33.8 Å². The minimum absolute atomic E-state index is 0.0860. The minimum Gasteiger partial charge on any atom is -0.437 e. The predicted octanol–water partition coefficient (Wildman–Crippen LogP) is 3.03. The van der Waals surface area contributed by atoms with E-state index in [9.17, 15) is 24.5 Å². The second-order valence-corrected chi connectivity index (χ2v) is 6.37. The highest BCUT2D eigenvalue weighted by atomic mass is 16.6. The number of fused-ring (bicyclic) bond motifs is 1. The molecule has 27 heavy (non-hydrogen) atoms. The summed E-state index contributed by atoms with van der Waals surface area (Å²) < 4.78 is 5.43. The van der Waals surface area contributed by atoms with Gasteiger partial charge < -0.3 is 4.74 Å². The quantitative estimate of drug-likeness (QED) is 0.347. The second-order valence-electron chi connectivity index (χ2n) is 6.37. The van der Waals surface area contributed by atoms with E-state index in [-0.39, 0.29) is 28.3 Å². The Labute approximate surface area is 154 Å². The topological polar surface area (TPSA) is 107 Å². The van der Waals surface area contributed by atoms with Crippen molar-refractivity contribution in [3.8, 4) is 0 Å². The highest BCUT2D eigenvalue weighted by Gasteiger charge is 2.42. The van der Waals surface area contributed by atoms with Crippen LogP contribution in [0.4, 0.5) is 5.69 Å². The van der Waals surface area contributed by atoms with Crippen molar-refractivity contribution in [3.05, 3.63) is 75.3 Å². The molecular weight excluding hydrogens is 352 g/mol. The van der Waals surface area contributed by atoms with E-state index in [4.69, 9.17) is 4.74 Å². The van der Waals surface area contributed by atoms with Crippen molar-refractivity contribution in [3.63, 3.8) is 0 Å². The van der Waals surface area contributed by atoms with Gasteiger partial charge in [-0.2, -0.15) is 0 Å². The number of nitro benzene ring substituents is 1. The van der Waals surface area contributed by atoms with E-state index in [1.165, 1.54) is 24.3 Å². The van der Waals surface area contributed by atoms with E-state index in [2.05, 4.69) is 0 Å². The van der Waals surface area contributed by atoms with Crippen molar-refractivity contribution in [2.24, 2.45) is 5.92 Å². The molecule has 8 nitrogen and oxygen atoms in total. The van der Waals surface area contributed by atoms with Crippen molar-refractivity contribution in [1.82, 2.24) is 4.90 Å². The molecule has 1 aliphatic rings. The van der Waals surface area contributed by atoms with Crippen molar-refractivity contribution in [2.45, 2.75) is 20.1 Å². The maximum atomic E-state index is 12.6. The molecule has 1 unspecified atom stereocenters. The third-order valence-corrected chi connectivity index (χ3v) is 4.19. The molecule has 138 valence electrons. The molecule has 0 aromatic heterocycles. The number of carbonyl (C=O) groups excluding carboxylic acids is 3. The van der Waals surface area contributed by atoms with Gasteiger partial charge in [0.1, 0.15) is 0 Å². The van der Waals surface area contributed by atoms with Gasteiger partial charge in [0.25, 0.3) is 17.5 Å². The lowest BCUT2D eigenvalue weighted by Gasteiger charge is -2.28. The Morgan fingerprint density at radius 1 is 1.00 bits per heavy atom. The Hall–Kier alpha value is -3.55. The summed E-state index contributed by atoms with van der Waals surface area (Å²) in [5, 5.41) is 10.7. The number of ether oxygens (including phenoxy) is 1. The molecule has 0 saturated heterocycles. The number of hydrogen-bond acceptors (Lipinski definition) is 6. The zero-order chi connectivity index (χ0) is 19.7. The van der Waals surface area contributed by atoms with Gasteiger partial charge in [0.05, 0.1) is 21.6 Å². The van der Waals surface area contributed by atoms with Crippen LogP contribution in [0.15, 0.2) is 48.5 Å². The normalized spacial score (nSPS) is 14.3. The summed E-state index contributed by atoms with van der Waals surface area (Å²) in [6.07, 6.45) is -1.10.